The number of halogens is 2. The van der Waals surface area contributed by atoms with Crippen molar-refractivity contribution in [3.8, 4) is 0 Å². The molecule has 0 radical (unpaired) electrons. The number of carbonyl (C=O) groups excluding carboxylic acids is 1. The molecule has 22 heavy (non-hydrogen) atoms. The zero-order valence-corrected chi connectivity index (χ0v) is 15.0. The van der Waals surface area contributed by atoms with Gasteiger partial charge < -0.3 is 14.2 Å². The Kier molecular flexibility index (Phi) is 19.3. The smallest absolute Gasteiger partial charge is 0.221 e. The molecule has 0 amide bonds. The van der Waals surface area contributed by atoms with Crippen molar-refractivity contribution in [2.24, 2.45) is 0 Å². The number of rotatable bonds is 18. The number of unbranched alkanes of at least 4 members (excludes halogenated alkanes) is 5. The molecule has 0 aromatic rings. The van der Waals surface area contributed by atoms with Gasteiger partial charge in [-0.2, -0.15) is 0 Å². The number of hydrogen-bond donors (Lipinski definition) is 0. The van der Waals surface area contributed by atoms with Crippen LogP contribution in [0, 0.1) is 0 Å². The second-order valence-electron chi connectivity index (χ2n) is 5.11. The van der Waals surface area contributed by atoms with E-state index in [1.807, 2.05) is 0 Å². The van der Waals surface area contributed by atoms with Crippen molar-refractivity contribution in [3.05, 3.63) is 0 Å². The van der Waals surface area contributed by atoms with Crippen LogP contribution in [0.25, 0.3) is 0 Å². The van der Waals surface area contributed by atoms with Crippen LogP contribution in [0.3, 0.4) is 0 Å². The minimum Gasteiger partial charge on any atom is -0.379 e. The minimum atomic E-state index is -0.258. The predicted molar refractivity (Wildman–Crippen MR) is 91.0 cm³/mol. The Bertz CT molecular complexity index is 240. The maximum absolute atomic E-state index is 10.5. The monoisotopic (exact) mass is 356 g/mol. The predicted octanol–water partition coefficient (Wildman–Crippen LogP) is 4.16. The summed E-state index contributed by atoms with van der Waals surface area (Å²) in [6.07, 6.45) is 7.77. The zero-order valence-electron chi connectivity index (χ0n) is 13.5. The summed E-state index contributed by atoms with van der Waals surface area (Å²) in [4.78, 5) is 10.5. The summed E-state index contributed by atoms with van der Waals surface area (Å²) in [5, 5.41) is -0.258. The first-order valence-electron chi connectivity index (χ1n) is 8.25. The minimum absolute atomic E-state index is 0.258. The summed E-state index contributed by atoms with van der Waals surface area (Å²) in [7, 11) is 0. The van der Waals surface area contributed by atoms with E-state index in [4.69, 9.17) is 37.4 Å². The molecule has 0 atom stereocenters. The molecular formula is C16H30Cl2O4. The summed E-state index contributed by atoms with van der Waals surface area (Å²) in [6, 6.07) is 0. The van der Waals surface area contributed by atoms with E-state index in [1.165, 1.54) is 12.8 Å². The van der Waals surface area contributed by atoms with E-state index < -0.39 is 0 Å². The Morgan fingerprint density at radius 3 is 1.59 bits per heavy atom. The fourth-order valence-corrected chi connectivity index (χ4v) is 2.16. The highest BCUT2D eigenvalue weighted by Gasteiger charge is 1.96. The highest BCUT2D eigenvalue weighted by atomic mass is 35.5. The molecule has 0 saturated heterocycles. The van der Waals surface area contributed by atoms with Crippen LogP contribution in [-0.2, 0) is 19.0 Å². The molecular weight excluding hydrogens is 327 g/mol. The van der Waals surface area contributed by atoms with Crippen molar-refractivity contribution in [2.75, 3.05) is 45.5 Å². The van der Waals surface area contributed by atoms with Crippen molar-refractivity contribution in [2.45, 2.75) is 51.4 Å². The molecule has 0 rings (SSSR count). The highest BCUT2D eigenvalue weighted by Crippen LogP contribution is 2.02. The second-order valence-corrected chi connectivity index (χ2v) is 5.91. The van der Waals surface area contributed by atoms with Gasteiger partial charge in [0.1, 0.15) is 0 Å². The fraction of sp³-hybridized carbons (Fsp3) is 0.938. The number of alkyl halides is 1. The van der Waals surface area contributed by atoms with Gasteiger partial charge in [0.2, 0.25) is 5.24 Å². The number of hydrogen-bond acceptors (Lipinski definition) is 4. The van der Waals surface area contributed by atoms with E-state index in [9.17, 15) is 4.79 Å². The number of ether oxygens (including phenoxy) is 3. The lowest BCUT2D eigenvalue weighted by Gasteiger charge is -2.07. The molecule has 0 spiro atoms. The first-order chi connectivity index (χ1) is 10.8. The molecule has 0 N–H and O–H groups in total. The van der Waals surface area contributed by atoms with Crippen LogP contribution in [0.5, 0.6) is 0 Å². The normalized spacial score (nSPS) is 11.0. The molecule has 6 heteroatoms. The van der Waals surface area contributed by atoms with Gasteiger partial charge in [-0.25, -0.2) is 0 Å². The van der Waals surface area contributed by atoms with E-state index in [1.54, 1.807) is 0 Å². The zero-order chi connectivity index (χ0) is 16.3. The van der Waals surface area contributed by atoms with Crippen molar-refractivity contribution >= 4 is 28.4 Å². The van der Waals surface area contributed by atoms with Gasteiger partial charge in [-0.3, -0.25) is 4.79 Å². The topological polar surface area (TPSA) is 44.8 Å². The van der Waals surface area contributed by atoms with Crippen molar-refractivity contribution in [3.63, 3.8) is 0 Å². The van der Waals surface area contributed by atoms with E-state index in [0.29, 0.717) is 39.5 Å². The van der Waals surface area contributed by atoms with Crippen molar-refractivity contribution < 1.29 is 19.0 Å². The maximum atomic E-state index is 10.5. The summed E-state index contributed by atoms with van der Waals surface area (Å²) >= 11 is 10.8. The Balaban J connectivity index is 2.95. The molecule has 0 aromatic heterocycles. The molecule has 4 nitrogen and oxygen atoms in total. The van der Waals surface area contributed by atoms with Crippen molar-refractivity contribution in [1.82, 2.24) is 0 Å². The molecule has 0 aliphatic carbocycles. The van der Waals surface area contributed by atoms with Crippen LogP contribution in [0.1, 0.15) is 51.4 Å². The molecule has 0 saturated carbocycles. The third kappa shape index (κ3) is 20.1. The molecule has 0 heterocycles. The Hall–Kier alpha value is 0.130. The van der Waals surface area contributed by atoms with Crippen LogP contribution in [0.15, 0.2) is 0 Å². The summed E-state index contributed by atoms with van der Waals surface area (Å²) in [5.41, 5.74) is 0. The Morgan fingerprint density at radius 2 is 1.09 bits per heavy atom. The molecule has 0 bridgehead atoms. The second kappa shape index (κ2) is 19.2. The first-order valence-corrected chi connectivity index (χ1v) is 9.16. The highest BCUT2D eigenvalue weighted by molar-refractivity contribution is 6.63. The maximum Gasteiger partial charge on any atom is 0.221 e. The summed E-state index contributed by atoms with van der Waals surface area (Å²) in [5.74, 6) is 0.754. The molecule has 0 aromatic carbocycles. The Morgan fingerprint density at radius 1 is 0.636 bits per heavy atom. The fourth-order valence-electron chi connectivity index (χ4n) is 1.84. The first kappa shape index (κ1) is 22.1. The van der Waals surface area contributed by atoms with Gasteiger partial charge in [0.05, 0.1) is 26.4 Å². The molecule has 0 aliphatic rings. The van der Waals surface area contributed by atoms with E-state index in [-0.39, 0.29) is 5.24 Å². The molecule has 0 unspecified atom stereocenters. The summed E-state index contributed by atoms with van der Waals surface area (Å²) in [6.45, 7) is 3.96. The quantitative estimate of drug-likeness (QED) is 0.210. The van der Waals surface area contributed by atoms with Crippen molar-refractivity contribution in [1.29, 1.82) is 0 Å². The van der Waals surface area contributed by atoms with Gasteiger partial charge in [0, 0.05) is 25.5 Å². The van der Waals surface area contributed by atoms with E-state index in [2.05, 4.69) is 0 Å². The number of carbonyl (C=O) groups is 1. The average molecular weight is 357 g/mol. The van der Waals surface area contributed by atoms with E-state index in [0.717, 1.165) is 44.6 Å². The Labute approximate surface area is 144 Å². The largest absolute Gasteiger partial charge is 0.379 e. The average Bonchev–Trinajstić information content (AvgIpc) is 2.50. The lowest BCUT2D eigenvalue weighted by atomic mass is 10.2. The summed E-state index contributed by atoms with van der Waals surface area (Å²) < 4.78 is 16.3. The van der Waals surface area contributed by atoms with Gasteiger partial charge in [-0.15, -0.1) is 11.6 Å². The lowest BCUT2D eigenvalue weighted by Crippen LogP contribution is -2.10. The van der Waals surface area contributed by atoms with Crippen LogP contribution >= 0.6 is 23.2 Å². The molecule has 132 valence electrons. The SMILES string of the molecule is O=C(Cl)CCCCCOCCOCCOCCCCCCCl. The molecule has 0 fully saturated rings. The van der Waals surface area contributed by atoms with Crippen LogP contribution in [0.2, 0.25) is 0 Å². The molecule has 0 aliphatic heterocycles. The third-order valence-electron chi connectivity index (χ3n) is 3.08. The van der Waals surface area contributed by atoms with E-state index >= 15 is 0 Å². The third-order valence-corrected chi connectivity index (χ3v) is 3.53. The van der Waals surface area contributed by atoms with Gasteiger partial charge >= 0.3 is 0 Å². The van der Waals surface area contributed by atoms with Crippen LogP contribution in [0.4, 0.5) is 0 Å². The van der Waals surface area contributed by atoms with Gasteiger partial charge in [0.25, 0.3) is 0 Å². The van der Waals surface area contributed by atoms with Gasteiger partial charge in [-0.1, -0.05) is 19.3 Å². The van der Waals surface area contributed by atoms with Gasteiger partial charge in [0.15, 0.2) is 0 Å². The lowest BCUT2D eigenvalue weighted by molar-refractivity contribution is -0.111. The van der Waals surface area contributed by atoms with Crippen LogP contribution < -0.4 is 0 Å². The van der Waals surface area contributed by atoms with Gasteiger partial charge in [-0.05, 0) is 37.3 Å². The standard InChI is InChI=1S/C16H30Cl2O4/c17-9-5-1-2-6-10-20-12-14-22-15-13-21-11-7-3-4-8-16(18)19/h1-15H2. The van der Waals surface area contributed by atoms with Crippen LogP contribution in [-0.4, -0.2) is 50.8 Å².